The third-order valence-electron chi connectivity index (χ3n) is 4.66. The SMILES string of the molecule is CC1CCCCC1OCC(O)CNCCCN(C)C(C)C. The van der Waals surface area contributed by atoms with Gasteiger partial charge in [0.2, 0.25) is 0 Å². The van der Waals surface area contributed by atoms with Gasteiger partial charge in [0.1, 0.15) is 0 Å². The minimum Gasteiger partial charge on any atom is -0.389 e. The molecule has 0 spiro atoms. The van der Waals surface area contributed by atoms with Crippen molar-refractivity contribution in [3.8, 4) is 0 Å². The maximum absolute atomic E-state index is 9.96. The van der Waals surface area contributed by atoms with Gasteiger partial charge in [0, 0.05) is 12.6 Å². The van der Waals surface area contributed by atoms with Crippen molar-refractivity contribution < 1.29 is 9.84 Å². The summed E-state index contributed by atoms with van der Waals surface area (Å²) in [6.07, 6.45) is 6.10. The maximum atomic E-state index is 9.96. The van der Waals surface area contributed by atoms with Gasteiger partial charge in [-0.15, -0.1) is 0 Å². The summed E-state index contributed by atoms with van der Waals surface area (Å²) < 4.78 is 5.89. The summed E-state index contributed by atoms with van der Waals surface area (Å²) in [7, 11) is 2.15. The van der Waals surface area contributed by atoms with Gasteiger partial charge in [-0.25, -0.2) is 0 Å². The van der Waals surface area contributed by atoms with Crippen molar-refractivity contribution in [1.82, 2.24) is 10.2 Å². The number of aliphatic hydroxyl groups excluding tert-OH is 1. The Morgan fingerprint density at radius 2 is 2.00 bits per heavy atom. The van der Waals surface area contributed by atoms with Crippen LogP contribution in [-0.2, 0) is 4.74 Å². The number of nitrogens with zero attached hydrogens (tertiary/aromatic N) is 1. The molecule has 3 unspecified atom stereocenters. The van der Waals surface area contributed by atoms with E-state index in [0.717, 1.165) is 25.9 Å². The predicted octanol–water partition coefficient (Wildman–Crippen LogP) is 2.26. The van der Waals surface area contributed by atoms with Gasteiger partial charge in [-0.05, 0) is 59.2 Å². The summed E-state index contributed by atoms with van der Waals surface area (Å²) in [6.45, 7) is 9.83. The first-order valence-electron chi connectivity index (χ1n) is 8.71. The standard InChI is InChI=1S/C17H36N2O2/c1-14(2)19(4)11-7-10-18-12-16(20)13-21-17-9-6-5-8-15(17)3/h14-18,20H,5-13H2,1-4H3. The van der Waals surface area contributed by atoms with Crippen LogP contribution in [0.2, 0.25) is 0 Å². The van der Waals surface area contributed by atoms with Crippen molar-refractivity contribution in [2.45, 2.75) is 71.1 Å². The van der Waals surface area contributed by atoms with E-state index in [0.29, 0.717) is 31.2 Å². The summed E-state index contributed by atoms with van der Waals surface area (Å²) in [5, 5.41) is 13.3. The van der Waals surface area contributed by atoms with Gasteiger partial charge in [0.15, 0.2) is 0 Å². The molecule has 0 heterocycles. The number of hydrogen-bond donors (Lipinski definition) is 2. The molecule has 3 atom stereocenters. The molecule has 0 aromatic heterocycles. The van der Waals surface area contributed by atoms with Crippen molar-refractivity contribution in [2.75, 3.05) is 33.3 Å². The molecule has 0 aromatic rings. The van der Waals surface area contributed by atoms with Gasteiger partial charge in [-0.3, -0.25) is 0 Å². The number of hydrogen-bond acceptors (Lipinski definition) is 4. The minimum atomic E-state index is -0.387. The third-order valence-corrected chi connectivity index (χ3v) is 4.66. The first-order valence-corrected chi connectivity index (χ1v) is 8.71. The lowest BCUT2D eigenvalue weighted by Gasteiger charge is -2.29. The zero-order valence-electron chi connectivity index (χ0n) is 14.5. The lowest BCUT2D eigenvalue weighted by molar-refractivity contribution is -0.0451. The Balaban J connectivity index is 1.99. The fourth-order valence-corrected chi connectivity index (χ4v) is 2.80. The van der Waals surface area contributed by atoms with Crippen LogP contribution in [0.3, 0.4) is 0 Å². The van der Waals surface area contributed by atoms with Crippen LogP contribution < -0.4 is 5.32 Å². The van der Waals surface area contributed by atoms with Gasteiger partial charge in [-0.1, -0.05) is 19.8 Å². The van der Waals surface area contributed by atoms with Crippen LogP contribution in [0.4, 0.5) is 0 Å². The molecule has 0 aromatic carbocycles. The fourth-order valence-electron chi connectivity index (χ4n) is 2.80. The number of rotatable bonds is 10. The van der Waals surface area contributed by atoms with Gasteiger partial charge >= 0.3 is 0 Å². The fraction of sp³-hybridized carbons (Fsp3) is 1.00. The first kappa shape index (κ1) is 18.9. The van der Waals surface area contributed by atoms with Crippen LogP contribution in [0.25, 0.3) is 0 Å². The zero-order chi connectivity index (χ0) is 15.7. The molecular weight excluding hydrogens is 264 g/mol. The molecule has 1 saturated carbocycles. The van der Waals surface area contributed by atoms with Gasteiger partial charge in [0.25, 0.3) is 0 Å². The lowest BCUT2D eigenvalue weighted by Crippen LogP contribution is -2.35. The van der Waals surface area contributed by atoms with Crippen LogP contribution >= 0.6 is 0 Å². The van der Waals surface area contributed by atoms with Gasteiger partial charge < -0.3 is 20.1 Å². The second kappa shape index (κ2) is 10.5. The first-order chi connectivity index (χ1) is 10.0. The lowest BCUT2D eigenvalue weighted by atomic mass is 9.88. The summed E-state index contributed by atoms with van der Waals surface area (Å²) in [5.41, 5.74) is 0. The second-order valence-electron chi connectivity index (χ2n) is 6.92. The summed E-state index contributed by atoms with van der Waals surface area (Å²) >= 11 is 0. The molecule has 21 heavy (non-hydrogen) atoms. The summed E-state index contributed by atoms with van der Waals surface area (Å²) in [4.78, 5) is 2.34. The van der Waals surface area contributed by atoms with E-state index < -0.39 is 0 Å². The van der Waals surface area contributed by atoms with E-state index in [1.54, 1.807) is 0 Å². The Bertz CT molecular complexity index is 261. The smallest absolute Gasteiger partial charge is 0.0897 e. The molecule has 0 saturated heterocycles. The number of aliphatic hydroxyl groups is 1. The predicted molar refractivity (Wildman–Crippen MR) is 88.6 cm³/mol. The molecule has 0 bridgehead atoms. The topological polar surface area (TPSA) is 44.7 Å². The largest absolute Gasteiger partial charge is 0.389 e. The molecule has 0 radical (unpaired) electrons. The zero-order valence-corrected chi connectivity index (χ0v) is 14.5. The van der Waals surface area contributed by atoms with Crippen LogP contribution in [-0.4, -0.2) is 61.5 Å². The molecular formula is C17H36N2O2. The van der Waals surface area contributed by atoms with Crippen LogP contribution in [0.15, 0.2) is 0 Å². The van der Waals surface area contributed by atoms with E-state index in [4.69, 9.17) is 4.74 Å². The van der Waals surface area contributed by atoms with Crippen molar-refractivity contribution in [3.05, 3.63) is 0 Å². The van der Waals surface area contributed by atoms with Crippen LogP contribution in [0.1, 0.15) is 52.9 Å². The highest BCUT2D eigenvalue weighted by Gasteiger charge is 2.22. The Kier molecular flexibility index (Phi) is 9.49. The van der Waals surface area contributed by atoms with Gasteiger partial charge in [0.05, 0.1) is 18.8 Å². The molecule has 2 N–H and O–H groups in total. The molecule has 0 amide bonds. The minimum absolute atomic E-state index is 0.355. The summed E-state index contributed by atoms with van der Waals surface area (Å²) in [6, 6.07) is 0.599. The molecule has 4 nitrogen and oxygen atoms in total. The summed E-state index contributed by atoms with van der Waals surface area (Å²) in [5.74, 6) is 0.644. The molecule has 1 rings (SSSR count). The second-order valence-corrected chi connectivity index (χ2v) is 6.92. The van der Waals surface area contributed by atoms with E-state index in [2.05, 4.69) is 38.0 Å². The number of ether oxygens (including phenoxy) is 1. The molecule has 0 aliphatic heterocycles. The molecule has 1 fully saturated rings. The van der Waals surface area contributed by atoms with Crippen LogP contribution in [0, 0.1) is 5.92 Å². The maximum Gasteiger partial charge on any atom is 0.0897 e. The Morgan fingerprint density at radius 1 is 1.29 bits per heavy atom. The van der Waals surface area contributed by atoms with Crippen molar-refractivity contribution >= 4 is 0 Å². The van der Waals surface area contributed by atoms with E-state index in [9.17, 15) is 5.11 Å². The molecule has 126 valence electrons. The van der Waals surface area contributed by atoms with Crippen molar-refractivity contribution in [3.63, 3.8) is 0 Å². The molecule has 4 heteroatoms. The Morgan fingerprint density at radius 3 is 2.67 bits per heavy atom. The Hall–Kier alpha value is -0.160. The van der Waals surface area contributed by atoms with Gasteiger partial charge in [-0.2, -0.15) is 0 Å². The highest BCUT2D eigenvalue weighted by atomic mass is 16.5. The highest BCUT2D eigenvalue weighted by molar-refractivity contribution is 4.73. The van der Waals surface area contributed by atoms with E-state index in [-0.39, 0.29) is 6.10 Å². The van der Waals surface area contributed by atoms with E-state index >= 15 is 0 Å². The quantitative estimate of drug-likeness (QED) is 0.608. The van der Waals surface area contributed by atoms with E-state index in [1.165, 1.54) is 19.3 Å². The highest BCUT2D eigenvalue weighted by Crippen LogP contribution is 2.26. The number of nitrogens with one attached hydrogen (secondary N) is 1. The molecule has 1 aliphatic rings. The normalized spacial score (nSPS) is 24.7. The van der Waals surface area contributed by atoms with Crippen LogP contribution in [0.5, 0.6) is 0 Å². The third kappa shape index (κ3) is 8.15. The Labute approximate surface area is 131 Å². The average molecular weight is 300 g/mol. The molecule has 1 aliphatic carbocycles. The van der Waals surface area contributed by atoms with Crippen molar-refractivity contribution in [2.24, 2.45) is 5.92 Å². The van der Waals surface area contributed by atoms with E-state index in [1.807, 2.05) is 0 Å². The monoisotopic (exact) mass is 300 g/mol. The van der Waals surface area contributed by atoms with Crippen molar-refractivity contribution in [1.29, 1.82) is 0 Å². The average Bonchev–Trinajstić information content (AvgIpc) is 2.45.